The summed E-state index contributed by atoms with van der Waals surface area (Å²) in [5.41, 5.74) is 5.61. The highest BCUT2D eigenvalue weighted by molar-refractivity contribution is 8.78. The van der Waals surface area contributed by atoms with E-state index in [1.54, 1.807) is 24.3 Å². The van der Waals surface area contributed by atoms with Crippen LogP contribution in [0.1, 0.15) is 6.42 Å². The van der Waals surface area contributed by atoms with Crippen LogP contribution < -0.4 is 5.73 Å². The molecule has 4 N–H and O–H groups in total. The van der Waals surface area contributed by atoms with Crippen molar-refractivity contribution in [2.75, 3.05) is 5.75 Å². The van der Waals surface area contributed by atoms with E-state index < -0.39 is 21.3 Å². The first-order chi connectivity index (χ1) is 8.79. The van der Waals surface area contributed by atoms with Gasteiger partial charge in [-0.3, -0.25) is 9.35 Å². The van der Waals surface area contributed by atoms with E-state index in [-0.39, 0.29) is 12.2 Å². The summed E-state index contributed by atoms with van der Waals surface area (Å²) >= 11 is 0. The van der Waals surface area contributed by atoms with Crippen LogP contribution >= 0.6 is 21.6 Å². The van der Waals surface area contributed by atoms with Gasteiger partial charge in [-0.1, -0.05) is 35.6 Å². The second-order valence-corrected chi connectivity index (χ2v) is 7.31. The van der Waals surface area contributed by atoms with Crippen LogP contribution in [0.5, 0.6) is 0 Å². The molecule has 0 saturated heterocycles. The van der Waals surface area contributed by atoms with Crippen LogP contribution in [0.15, 0.2) is 35.9 Å². The van der Waals surface area contributed by atoms with Crippen molar-refractivity contribution in [3.63, 3.8) is 0 Å². The molecule has 0 aromatic rings. The van der Waals surface area contributed by atoms with E-state index in [4.69, 9.17) is 15.4 Å². The molecule has 0 radical (unpaired) electrons. The third kappa shape index (κ3) is 8.76. The monoisotopic (exact) mass is 325 g/mol. The van der Waals surface area contributed by atoms with Crippen LogP contribution in [0.3, 0.4) is 0 Å². The second-order valence-electron chi connectivity index (χ2n) is 3.23. The molecule has 1 unspecified atom stereocenters. The van der Waals surface area contributed by atoms with Crippen molar-refractivity contribution >= 4 is 37.7 Å². The number of carboxylic acid groups (broad SMARTS) is 1. The number of hydrogen-bond donors (Lipinski definition) is 3. The summed E-state index contributed by atoms with van der Waals surface area (Å²) < 4.78 is 30.3. The molecule has 0 spiro atoms. The Balaban J connectivity index is 4.16. The zero-order valence-corrected chi connectivity index (χ0v) is 12.4. The molecule has 0 aliphatic carbocycles. The maximum atomic E-state index is 10.8. The fourth-order valence-corrected chi connectivity index (χ4v) is 3.54. The van der Waals surface area contributed by atoms with Gasteiger partial charge in [-0.2, -0.15) is 8.42 Å². The van der Waals surface area contributed by atoms with Crippen LogP contribution in [0.25, 0.3) is 0 Å². The van der Waals surface area contributed by atoms with E-state index in [0.29, 0.717) is 5.03 Å². The van der Waals surface area contributed by atoms with Gasteiger partial charge in [-0.05, 0) is 23.3 Å². The van der Waals surface area contributed by atoms with Gasteiger partial charge in [0.05, 0.1) is 5.03 Å². The van der Waals surface area contributed by atoms with Crippen molar-refractivity contribution in [3.05, 3.63) is 35.9 Å². The van der Waals surface area contributed by atoms with Crippen molar-refractivity contribution in [1.82, 2.24) is 0 Å². The molecular formula is C10H15NO5S3. The Morgan fingerprint density at radius 3 is 2.53 bits per heavy atom. The van der Waals surface area contributed by atoms with Gasteiger partial charge in [-0.15, -0.1) is 0 Å². The lowest BCUT2D eigenvalue weighted by Crippen LogP contribution is -2.30. The molecule has 6 nitrogen and oxygen atoms in total. The molecule has 0 aromatic heterocycles. The zero-order chi connectivity index (χ0) is 14.9. The number of rotatable bonds is 9. The molecule has 0 heterocycles. The largest absolute Gasteiger partial charge is 0.480 e. The van der Waals surface area contributed by atoms with Gasteiger partial charge in [0.15, 0.2) is 5.25 Å². The molecule has 0 fully saturated rings. The first-order valence-corrected chi connectivity index (χ1v) is 8.84. The Bertz CT molecular complexity index is 470. The Morgan fingerprint density at radius 1 is 1.42 bits per heavy atom. The second kappa shape index (κ2) is 9.08. The lowest BCUT2D eigenvalue weighted by Gasteiger charge is -2.08. The molecule has 0 aromatic carbocycles. The molecular weight excluding hydrogens is 310 g/mol. The van der Waals surface area contributed by atoms with Crippen molar-refractivity contribution in [3.8, 4) is 0 Å². The molecule has 108 valence electrons. The number of hydrogen-bond acceptors (Lipinski definition) is 6. The standard InChI is InChI=1S/C10H15NO5S3/c1-2-3-4-5-9(11)18-17-7-6-8(10(12)13)19(14,15)16/h2-5,8H,1,6-7,11H2,(H,12,13)(H,14,15,16)/b4-3-,9-5+. The predicted octanol–water partition coefficient (Wildman–Crippen LogP) is 1.64. The molecule has 9 heteroatoms. The minimum absolute atomic E-state index is 0.193. The first kappa shape index (κ1) is 18.1. The van der Waals surface area contributed by atoms with Gasteiger partial charge in [0.1, 0.15) is 0 Å². The Kier molecular flexibility index (Phi) is 8.65. The van der Waals surface area contributed by atoms with Crippen LogP contribution in [0.4, 0.5) is 0 Å². The molecule has 0 bridgehead atoms. The quantitative estimate of drug-likeness (QED) is 0.253. The van der Waals surface area contributed by atoms with E-state index in [1.807, 2.05) is 0 Å². The number of allylic oxidation sites excluding steroid dienone is 4. The van der Waals surface area contributed by atoms with Crippen LogP contribution in [-0.2, 0) is 14.9 Å². The molecule has 0 rings (SSSR count). The number of carbonyl (C=O) groups is 1. The van der Waals surface area contributed by atoms with Crippen molar-refractivity contribution in [1.29, 1.82) is 0 Å². The van der Waals surface area contributed by atoms with Crippen LogP contribution in [0, 0.1) is 0 Å². The molecule has 0 aliphatic rings. The summed E-state index contributed by atoms with van der Waals surface area (Å²) in [6.45, 7) is 3.49. The Hall–Kier alpha value is -0.900. The lowest BCUT2D eigenvalue weighted by atomic mass is 10.3. The normalized spacial score (nSPS) is 14.5. The highest BCUT2D eigenvalue weighted by Gasteiger charge is 2.30. The van der Waals surface area contributed by atoms with E-state index >= 15 is 0 Å². The summed E-state index contributed by atoms with van der Waals surface area (Å²) in [4.78, 5) is 10.6. The fourth-order valence-electron chi connectivity index (χ4n) is 0.921. The van der Waals surface area contributed by atoms with Gasteiger partial charge in [0.25, 0.3) is 10.1 Å². The minimum atomic E-state index is -4.57. The number of carboxylic acids is 1. The average Bonchev–Trinajstić information content (AvgIpc) is 2.26. The van der Waals surface area contributed by atoms with E-state index in [0.717, 1.165) is 0 Å². The lowest BCUT2D eigenvalue weighted by molar-refractivity contribution is -0.136. The fraction of sp³-hybridized carbons (Fsp3) is 0.300. The summed E-state index contributed by atoms with van der Waals surface area (Å²) in [5.74, 6) is -1.34. The summed E-state index contributed by atoms with van der Waals surface area (Å²) in [6, 6.07) is 0. The van der Waals surface area contributed by atoms with Crippen molar-refractivity contribution in [2.24, 2.45) is 5.73 Å². The van der Waals surface area contributed by atoms with Crippen LogP contribution in [-0.4, -0.2) is 35.0 Å². The highest BCUT2D eigenvalue weighted by atomic mass is 33.1. The average molecular weight is 325 g/mol. The number of aliphatic carboxylic acids is 1. The van der Waals surface area contributed by atoms with Crippen molar-refractivity contribution < 1.29 is 22.9 Å². The maximum Gasteiger partial charge on any atom is 0.324 e. The predicted molar refractivity (Wildman–Crippen MR) is 79.2 cm³/mol. The van der Waals surface area contributed by atoms with E-state index in [1.165, 1.54) is 21.6 Å². The molecule has 1 atom stereocenters. The Labute approximate surface area is 120 Å². The van der Waals surface area contributed by atoms with Gasteiger partial charge in [0, 0.05) is 5.75 Å². The van der Waals surface area contributed by atoms with E-state index in [2.05, 4.69) is 6.58 Å². The van der Waals surface area contributed by atoms with Gasteiger partial charge >= 0.3 is 5.97 Å². The number of nitrogens with two attached hydrogens (primary N) is 1. The van der Waals surface area contributed by atoms with Gasteiger partial charge < -0.3 is 10.8 Å². The van der Waals surface area contributed by atoms with Crippen LogP contribution in [0.2, 0.25) is 0 Å². The highest BCUT2D eigenvalue weighted by Crippen LogP contribution is 2.28. The SMILES string of the molecule is C=C/C=C\C=C(/N)SSCCC(C(=O)O)S(=O)(=O)O. The van der Waals surface area contributed by atoms with Gasteiger partial charge in [-0.25, -0.2) is 0 Å². The van der Waals surface area contributed by atoms with Crippen molar-refractivity contribution in [2.45, 2.75) is 11.7 Å². The molecule has 19 heavy (non-hydrogen) atoms. The zero-order valence-electron chi connectivity index (χ0n) is 9.93. The minimum Gasteiger partial charge on any atom is -0.480 e. The summed E-state index contributed by atoms with van der Waals surface area (Å²) in [6.07, 6.45) is 6.41. The Morgan fingerprint density at radius 2 is 2.05 bits per heavy atom. The van der Waals surface area contributed by atoms with E-state index in [9.17, 15) is 13.2 Å². The first-order valence-electron chi connectivity index (χ1n) is 5.02. The molecule has 0 amide bonds. The third-order valence-electron chi connectivity index (χ3n) is 1.76. The van der Waals surface area contributed by atoms with Gasteiger partial charge in [0.2, 0.25) is 0 Å². The molecule has 0 saturated carbocycles. The smallest absolute Gasteiger partial charge is 0.324 e. The summed E-state index contributed by atoms with van der Waals surface area (Å²) in [5, 5.41) is 7.34. The maximum absolute atomic E-state index is 10.8. The third-order valence-corrected chi connectivity index (χ3v) is 5.20. The topological polar surface area (TPSA) is 118 Å². The summed E-state index contributed by atoms with van der Waals surface area (Å²) in [7, 11) is -2.17. The molecule has 0 aliphatic heterocycles.